The molecule has 0 aliphatic carbocycles. The smallest absolute Gasteiger partial charge is 0.333 e. The van der Waals surface area contributed by atoms with Crippen molar-refractivity contribution in [3.05, 3.63) is 29.9 Å². The van der Waals surface area contributed by atoms with Gasteiger partial charge in [-0.2, -0.15) is 18.3 Å². The molecule has 11 heteroatoms. The maximum atomic E-state index is 13.5. The highest BCUT2D eigenvalue weighted by molar-refractivity contribution is 5.76. The Balaban J connectivity index is 1.61. The van der Waals surface area contributed by atoms with E-state index in [1.54, 1.807) is 4.90 Å². The summed E-state index contributed by atoms with van der Waals surface area (Å²) in [6.07, 6.45) is -0.190. The lowest BCUT2D eigenvalue weighted by molar-refractivity contribution is -0.148. The van der Waals surface area contributed by atoms with Gasteiger partial charge in [0.1, 0.15) is 19.2 Å². The third-order valence-corrected chi connectivity index (χ3v) is 5.51. The number of amides is 1. The van der Waals surface area contributed by atoms with Crippen molar-refractivity contribution >= 4 is 5.91 Å². The van der Waals surface area contributed by atoms with Crippen LogP contribution in [0.4, 0.5) is 13.2 Å². The quantitative estimate of drug-likeness (QED) is 0.782. The molecule has 2 aromatic rings. The number of carbonyl (C=O) groups excluding carboxylic acids is 1. The van der Waals surface area contributed by atoms with Crippen LogP contribution in [0.15, 0.2) is 12.7 Å². The molecule has 1 saturated heterocycles. The number of hydrogen-bond donors (Lipinski definition) is 0. The van der Waals surface area contributed by atoms with Gasteiger partial charge in [-0.1, -0.05) is 0 Å². The normalized spacial score (nSPS) is 19.1. The van der Waals surface area contributed by atoms with Crippen LogP contribution in [-0.4, -0.2) is 66.7 Å². The van der Waals surface area contributed by atoms with Crippen LogP contribution in [-0.2, 0) is 30.6 Å². The Morgan fingerprint density at radius 1 is 1.21 bits per heavy atom. The molecular weight excluding hydrogens is 375 g/mol. The zero-order valence-corrected chi connectivity index (χ0v) is 15.6. The Kier molecular flexibility index (Phi) is 4.86. The summed E-state index contributed by atoms with van der Waals surface area (Å²) in [6.45, 7) is 2.11. The van der Waals surface area contributed by atoms with Gasteiger partial charge in [0.15, 0.2) is 0 Å². The zero-order valence-electron chi connectivity index (χ0n) is 15.6. The van der Waals surface area contributed by atoms with E-state index in [9.17, 15) is 18.0 Å². The van der Waals surface area contributed by atoms with Crippen molar-refractivity contribution in [2.45, 2.75) is 44.6 Å². The van der Waals surface area contributed by atoms with Gasteiger partial charge in [-0.15, -0.1) is 0 Å². The van der Waals surface area contributed by atoms with Crippen molar-refractivity contribution in [2.75, 3.05) is 26.7 Å². The zero-order chi connectivity index (χ0) is 19.9. The largest absolute Gasteiger partial charge is 0.449 e. The number of alkyl halides is 3. The summed E-state index contributed by atoms with van der Waals surface area (Å²) in [5.41, 5.74) is 1.01. The lowest BCUT2D eigenvalue weighted by Gasteiger charge is -2.32. The molecule has 0 saturated carbocycles. The van der Waals surface area contributed by atoms with Gasteiger partial charge < -0.3 is 14.4 Å². The standard InChI is InChI=1S/C17H22F3N7O/c1-24-4-2-12(3-5-24)15-13-8-25(14(28)9-26-11-21-10-22-26)6-7-27(13)16(23-15)17(18,19)20/h10-12H,2-9H2,1H3. The second-order valence-corrected chi connectivity index (χ2v) is 7.40. The Morgan fingerprint density at radius 2 is 1.96 bits per heavy atom. The molecule has 1 amide bonds. The van der Waals surface area contributed by atoms with Crippen molar-refractivity contribution in [1.29, 1.82) is 0 Å². The van der Waals surface area contributed by atoms with Gasteiger partial charge in [-0.25, -0.2) is 14.6 Å². The maximum Gasteiger partial charge on any atom is 0.449 e. The Hall–Kier alpha value is -2.43. The van der Waals surface area contributed by atoms with E-state index in [1.807, 2.05) is 7.05 Å². The second-order valence-electron chi connectivity index (χ2n) is 7.40. The van der Waals surface area contributed by atoms with Crippen molar-refractivity contribution in [2.24, 2.45) is 0 Å². The predicted molar refractivity (Wildman–Crippen MR) is 92.1 cm³/mol. The molecular formula is C17H22F3N7O. The van der Waals surface area contributed by atoms with Crippen LogP contribution in [0.3, 0.4) is 0 Å². The number of imidazole rings is 1. The van der Waals surface area contributed by atoms with Crippen molar-refractivity contribution < 1.29 is 18.0 Å². The highest BCUT2D eigenvalue weighted by Crippen LogP contribution is 2.37. The Morgan fingerprint density at radius 3 is 2.61 bits per heavy atom. The van der Waals surface area contributed by atoms with E-state index in [0.717, 1.165) is 25.9 Å². The summed E-state index contributed by atoms with van der Waals surface area (Å²) < 4.78 is 43.3. The number of rotatable bonds is 3. The third-order valence-electron chi connectivity index (χ3n) is 5.51. The summed E-state index contributed by atoms with van der Waals surface area (Å²) >= 11 is 0. The van der Waals surface area contributed by atoms with E-state index >= 15 is 0 Å². The van der Waals surface area contributed by atoms with Gasteiger partial charge in [0, 0.05) is 19.0 Å². The van der Waals surface area contributed by atoms with Gasteiger partial charge in [-0.05, 0) is 33.0 Å². The fourth-order valence-electron chi connectivity index (χ4n) is 3.98. The second kappa shape index (κ2) is 7.19. The van der Waals surface area contributed by atoms with E-state index in [-0.39, 0.29) is 38.0 Å². The van der Waals surface area contributed by atoms with Crippen molar-refractivity contribution in [3.63, 3.8) is 0 Å². The first-order chi connectivity index (χ1) is 13.3. The molecule has 1 fully saturated rings. The first-order valence-electron chi connectivity index (χ1n) is 9.28. The van der Waals surface area contributed by atoms with Gasteiger partial charge in [-0.3, -0.25) is 4.79 Å². The molecule has 0 unspecified atom stereocenters. The summed E-state index contributed by atoms with van der Waals surface area (Å²) in [6, 6.07) is 0. The number of aromatic nitrogens is 5. The average Bonchev–Trinajstić information content (AvgIpc) is 3.29. The minimum Gasteiger partial charge on any atom is -0.333 e. The van der Waals surface area contributed by atoms with Crippen LogP contribution in [0.1, 0.15) is 36.0 Å². The molecule has 4 heterocycles. The fraction of sp³-hybridized carbons (Fsp3) is 0.647. The van der Waals surface area contributed by atoms with Crippen LogP contribution in [0, 0.1) is 0 Å². The summed E-state index contributed by atoms with van der Waals surface area (Å²) in [4.78, 5) is 24.2. The van der Waals surface area contributed by atoms with E-state index in [2.05, 4.69) is 20.0 Å². The monoisotopic (exact) mass is 397 g/mol. The highest BCUT2D eigenvalue weighted by atomic mass is 19.4. The average molecular weight is 397 g/mol. The van der Waals surface area contributed by atoms with Crippen LogP contribution < -0.4 is 0 Å². The van der Waals surface area contributed by atoms with E-state index < -0.39 is 12.0 Å². The topological polar surface area (TPSA) is 72.1 Å². The number of hydrogen-bond acceptors (Lipinski definition) is 5. The van der Waals surface area contributed by atoms with Crippen molar-refractivity contribution in [1.82, 2.24) is 34.1 Å². The number of nitrogens with zero attached hydrogens (tertiary/aromatic N) is 7. The third kappa shape index (κ3) is 3.62. The molecule has 28 heavy (non-hydrogen) atoms. The molecule has 152 valence electrons. The molecule has 0 bridgehead atoms. The first kappa shape index (κ1) is 18.9. The molecule has 0 radical (unpaired) electrons. The number of halogens is 3. The SMILES string of the molecule is CN1CCC(c2nc(C(F)(F)F)n3c2CN(C(=O)Cn2cncn2)CC3)CC1. The molecule has 4 rings (SSSR count). The van der Waals surface area contributed by atoms with Gasteiger partial charge in [0.05, 0.1) is 17.9 Å². The lowest BCUT2D eigenvalue weighted by atomic mass is 9.92. The summed E-state index contributed by atoms with van der Waals surface area (Å²) in [5.74, 6) is -1.06. The van der Waals surface area contributed by atoms with Gasteiger partial charge >= 0.3 is 6.18 Å². The summed E-state index contributed by atoms with van der Waals surface area (Å²) in [5, 5.41) is 3.92. The van der Waals surface area contributed by atoms with Crippen molar-refractivity contribution in [3.8, 4) is 0 Å². The minimum atomic E-state index is -4.51. The molecule has 0 spiro atoms. The van der Waals surface area contributed by atoms with Gasteiger partial charge in [0.25, 0.3) is 0 Å². The lowest BCUT2D eigenvalue weighted by Crippen LogP contribution is -2.41. The van der Waals surface area contributed by atoms with E-state index in [0.29, 0.717) is 11.4 Å². The first-order valence-corrected chi connectivity index (χ1v) is 9.28. The highest BCUT2D eigenvalue weighted by Gasteiger charge is 2.41. The van der Waals surface area contributed by atoms with Gasteiger partial charge in [0.2, 0.25) is 11.7 Å². The molecule has 2 aliphatic rings. The number of piperidine rings is 1. The Labute approximate surface area is 159 Å². The summed E-state index contributed by atoms with van der Waals surface area (Å²) in [7, 11) is 2.00. The molecule has 0 aromatic carbocycles. The number of carbonyl (C=O) groups is 1. The number of likely N-dealkylation sites (tertiary alicyclic amines) is 1. The molecule has 2 aromatic heterocycles. The molecule has 0 N–H and O–H groups in total. The number of fused-ring (bicyclic) bond motifs is 1. The van der Waals surface area contributed by atoms with E-state index in [4.69, 9.17) is 0 Å². The fourth-order valence-corrected chi connectivity index (χ4v) is 3.98. The molecule has 2 aliphatic heterocycles. The van der Waals surface area contributed by atoms with Crippen LogP contribution in [0.25, 0.3) is 0 Å². The maximum absolute atomic E-state index is 13.5. The predicted octanol–water partition coefficient (Wildman–Crippen LogP) is 1.35. The molecule has 8 nitrogen and oxygen atoms in total. The van der Waals surface area contributed by atoms with Crippen LogP contribution >= 0.6 is 0 Å². The van der Waals surface area contributed by atoms with E-state index in [1.165, 1.54) is 21.9 Å². The minimum absolute atomic E-state index is 0.0149. The van der Waals surface area contributed by atoms with Crippen LogP contribution in [0.5, 0.6) is 0 Å². The Bertz CT molecular complexity index is 838. The molecule has 0 atom stereocenters. The van der Waals surface area contributed by atoms with Crippen LogP contribution in [0.2, 0.25) is 0 Å².